The summed E-state index contributed by atoms with van der Waals surface area (Å²) in [7, 11) is 0. The Morgan fingerprint density at radius 2 is 1.73 bits per heavy atom. The number of benzene rings is 2. The van der Waals surface area contributed by atoms with Crippen LogP contribution in [-0.4, -0.2) is 16.8 Å². The number of Topliss-reactive ketones (excluding diaryl/α,β-unsaturated/α-hetero) is 1. The van der Waals surface area contributed by atoms with E-state index in [9.17, 15) is 14.7 Å². The lowest BCUT2D eigenvalue weighted by Gasteiger charge is -2.25. The van der Waals surface area contributed by atoms with E-state index in [1.165, 1.54) is 11.2 Å². The third kappa shape index (κ3) is 3.66. The number of aliphatic hydroxyl groups excluding tert-OH is 1. The highest BCUT2D eigenvalue weighted by Gasteiger charge is 2.45. The fourth-order valence-corrected chi connectivity index (χ4v) is 4.00. The molecule has 2 heterocycles. The van der Waals surface area contributed by atoms with Crippen molar-refractivity contribution in [1.82, 2.24) is 0 Å². The number of rotatable bonds is 6. The first-order valence-electron chi connectivity index (χ1n) is 9.91. The van der Waals surface area contributed by atoms with Crippen molar-refractivity contribution in [3.8, 4) is 0 Å². The van der Waals surface area contributed by atoms with Gasteiger partial charge in [0.15, 0.2) is 11.5 Å². The van der Waals surface area contributed by atoms with Gasteiger partial charge >= 0.3 is 0 Å². The van der Waals surface area contributed by atoms with Gasteiger partial charge in [0.25, 0.3) is 5.91 Å². The van der Waals surface area contributed by atoms with Crippen LogP contribution in [0.1, 0.15) is 34.9 Å². The standard InChI is InChI=1S/C25H23NO4/c1-16-13-17(2)15-19(14-16)26-23(21-9-6-12-30-21)22(24(28)25(26)29)20(27)11-10-18-7-4-3-5-8-18/h3-9,12-15,23,28H,10-11H2,1-2H3. The van der Waals surface area contributed by atoms with E-state index >= 15 is 0 Å². The second kappa shape index (κ2) is 8.03. The van der Waals surface area contributed by atoms with E-state index < -0.39 is 17.7 Å². The first-order valence-corrected chi connectivity index (χ1v) is 9.91. The molecular weight excluding hydrogens is 378 g/mol. The zero-order valence-electron chi connectivity index (χ0n) is 17.0. The maximum absolute atomic E-state index is 13.2. The van der Waals surface area contributed by atoms with Gasteiger partial charge in [-0.25, -0.2) is 0 Å². The Balaban J connectivity index is 1.71. The summed E-state index contributed by atoms with van der Waals surface area (Å²) in [6.45, 7) is 3.89. The summed E-state index contributed by atoms with van der Waals surface area (Å²) < 4.78 is 5.58. The van der Waals surface area contributed by atoms with Gasteiger partial charge in [-0.1, -0.05) is 36.4 Å². The lowest BCUT2D eigenvalue weighted by Crippen LogP contribution is -2.31. The van der Waals surface area contributed by atoms with Gasteiger partial charge in [-0.3, -0.25) is 14.5 Å². The lowest BCUT2D eigenvalue weighted by atomic mass is 9.96. The van der Waals surface area contributed by atoms with Crippen molar-refractivity contribution in [3.63, 3.8) is 0 Å². The largest absolute Gasteiger partial charge is 0.503 e. The predicted molar refractivity (Wildman–Crippen MR) is 114 cm³/mol. The number of carbonyl (C=O) groups excluding carboxylic acids is 2. The number of anilines is 1. The molecule has 1 atom stereocenters. The van der Waals surface area contributed by atoms with Crippen molar-refractivity contribution in [2.24, 2.45) is 0 Å². The molecule has 1 aromatic heterocycles. The molecule has 4 rings (SSSR count). The van der Waals surface area contributed by atoms with Gasteiger partial charge in [0, 0.05) is 12.1 Å². The monoisotopic (exact) mass is 401 g/mol. The summed E-state index contributed by atoms with van der Waals surface area (Å²) >= 11 is 0. The Morgan fingerprint density at radius 1 is 1.03 bits per heavy atom. The van der Waals surface area contributed by atoms with E-state index in [0.717, 1.165) is 16.7 Å². The molecule has 0 saturated heterocycles. The highest BCUT2D eigenvalue weighted by atomic mass is 16.3. The molecule has 0 spiro atoms. The molecule has 30 heavy (non-hydrogen) atoms. The first kappa shape index (κ1) is 19.7. The Kier molecular flexibility index (Phi) is 5.27. The normalized spacial score (nSPS) is 16.4. The molecule has 0 radical (unpaired) electrons. The summed E-state index contributed by atoms with van der Waals surface area (Å²) in [5.74, 6) is -0.925. The highest BCUT2D eigenvalue weighted by molar-refractivity contribution is 6.16. The highest BCUT2D eigenvalue weighted by Crippen LogP contribution is 2.42. The smallest absolute Gasteiger partial charge is 0.294 e. The second-order valence-corrected chi connectivity index (χ2v) is 7.61. The molecule has 1 amide bonds. The summed E-state index contributed by atoms with van der Waals surface area (Å²) in [4.78, 5) is 27.6. The molecule has 0 fully saturated rings. The third-order valence-corrected chi connectivity index (χ3v) is 5.29. The van der Waals surface area contributed by atoms with Crippen LogP contribution >= 0.6 is 0 Å². The van der Waals surface area contributed by atoms with Gasteiger partial charge in [-0.15, -0.1) is 0 Å². The molecule has 1 aliphatic rings. The molecule has 2 aromatic carbocycles. The van der Waals surface area contributed by atoms with Gasteiger partial charge in [-0.05, 0) is 61.2 Å². The van der Waals surface area contributed by atoms with Crippen LogP contribution in [0.25, 0.3) is 0 Å². The van der Waals surface area contributed by atoms with Crippen LogP contribution in [-0.2, 0) is 16.0 Å². The minimum atomic E-state index is -0.794. The van der Waals surface area contributed by atoms with Gasteiger partial charge in [-0.2, -0.15) is 0 Å². The molecule has 0 aliphatic carbocycles. The summed E-state index contributed by atoms with van der Waals surface area (Å²) in [6.07, 6.45) is 2.22. The number of furan rings is 1. The molecule has 5 heteroatoms. The zero-order chi connectivity index (χ0) is 21.3. The quantitative estimate of drug-likeness (QED) is 0.631. The number of hydrogen-bond donors (Lipinski definition) is 1. The van der Waals surface area contributed by atoms with Gasteiger partial charge in [0.05, 0.1) is 11.8 Å². The van der Waals surface area contributed by atoms with Crippen molar-refractivity contribution in [1.29, 1.82) is 0 Å². The van der Waals surface area contributed by atoms with Crippen LogP contribution in [0.15, 0.2) is 82.7 Å². The molecule has 0 saturated carbocycles. The SMILES string of the molecule is Cc1cc(C)cc(N2C(=O)C(O)=C(C(=O)CCc3ccccc3)C2c2ccco2)c1. The van der Waals surface area contributed by atoms with Gasteiger partial charge in [0.2, 0.25) is 0 Å². The summed E-state index contributed by atoms with van der Waals surface area (Å²) in [6, 6.07) is 18.0. The molecule has 1 unspecified atom stereocenters. The Morgan fingerprint density at radius 3 is 2.37 bits per heavy atom. The Hall–Kier alpha value is -3.60. The van der Waals surface area contributed by atoms with Crippen LogP contribution in [0.5, 0.6) is 0 Å². The van der Waals surface area contributed by atoms with Crippen LogP contribution in [0.4, 0.5) is 5.69 Å². The molecule has 152 valence electrons. The average molecular weight is 401 g/mol. The second-order valence-electron chi connectivity index (χ2n) is 7.61. The first-order chi connectivity index (χ1) is 14.5. The molecule has 1 N–H and O–H groups in total. The van der Waals surface area contributed by atoms with E-state index in [0.29, 0.717) is 17.9 Å². The summed E-state index contributed by atoms with van der Waals surface area (Å²) in [5.41, 5.74) is 3.70. The van der Waals surface area contributed by atoms with Crippen LogP contribution in [0.2, 0.25) is 0 Å². The van der Waals surface area contributed by atoms with Crippen molar-refractivity contribution in [3.05, 3.63) is 101 Å². The van der Waals surface area contributed by atoms with Crippen molar-refractivity contribution < 1.29 is 19.1 Å². The minimum Gasteiger partial charge on any atom is -0.503 e. The molecule has 0 bridgehead atoms. The van der Waals surface area contributed by atoms with Crippen molar-refractivity contribution in [2.45, 2.75) is 32.7 Å². The van der Waals surface area contributed by atoms with E-state index in [-0.39, 0.29) is 17.8 Å². The number of amides is 1. The minimum absolute atomic E-state index is 0.0880. The third-order valence-electron chi connectivity index (χ3n) is 5.29. The van der Waals surface area contributed by atoms with E-state index in [2.05, 4.69) is 0 Å². The lowest BCUT2D eigenvalue weighted by molar-refractivity contribution is -0.118. The van der Waals surface area contributed by atoms with Gasteiger partial charge in [0.1, 0.15) is 11.8 Å². The molecule has 5 nitrogen and oxygen atoms in total. The van der Waals surface area contributed by atoms with Crippen LogP contribution < -0.4 is 4.90 Å². The Labute approximate surface area is 175 Å². The number of aliphatic hydroxyl groups is 1. The fraction of sp³-hybridized carbons (Fsp3) is 0.200. The number of carbonyl (C=O) groups is 2. The predicted octanol–water partition coefficient (Wildman–Crippen LogP) is 5.00. The van der Waals surface area contributed by atoms with Gasteiger partial charge < -0.3 is 9.52 Å². The van der Waals surface area contributed by atoms with E-state index in [1.807, 2.05) is 62.4 Å². The fourth-order valence-electron chi connectivity index (χ4n) is 4.00. The molecule has 3 aromatic rings. The number of hydrogen-bond acceptors (Lipinski definition) is 4. The average Bonchev–Trinajstić information content (AvgIpc) is 3.33. The number of aryl methyl sites for hydroxylation is 3. The maximum atomic E-state index is 13.2. The van der Waals surface area contributed by atoms with E-state index in [1.54, 1.807) is 12.1 Å². The van der Waals surface area contributed by atoms with Crippen LogP contribution in [0, 0.1) is 13.8 Å². The number of ketones is 1. The molecular formula is C25H23NO4. The summed E-state index contributed by atoms with van der Waals surface area (Å²) in [5, 5.41) is 10.7. The van der Waals surface area contributed by atoms with Crippen molar-refractivity contribution >= 4 is 17.4 Å². The Bertz CT molecular complexity index is 1090. The topological polar surface area (TPSA) is 70.8 Å². The van der Waals surface area contributed by atoms with Crippen molar-refractivity contribution in [2.75, 3.05) is 4.90 Å². The number of nitrogens with zero attached hydrogens (tertiary/aromatic N) is 1. The maximum Gasteiger partial charge on any atom is 0.294 e. The zero-order valence-corrected chi connectivity index (χ0v) is 17.0. The van der Waals surface area contributed by atoms with E-state index in [4.69, 9.17) is 4.42 Å². The van der Waals surface area contributed by atoms with Crippen LogP contribution in [0.3, 0.4) is 0 Å². The molecule has 1 aliphatic heterocycles.